The lowest BCUT2D eigenvalue weighted by atomic mass is 10.0. The van der Waals surface area contributed by atoms with Crippen LogP contribution < -0.4 is 20.3 Å². The van der Waals surface area contributed by atoms with E-state index in [-0.39, 0.29) is 6.10 Å². The average Bonchev–Trinajstić information content (AvgIpc) is 3.16. The molecule has 3 N–H and O–H groups in total. The lowest BCUT2D eigenvalue weighted by Crippen LogP contribution is -2.47. The summed E-state index contributed by atoms with van der Waals surface area (Å²) in [5.41, 5.74) is 8.38. The number of nitrogens with zero attached hydrogens (tertiary/aromatic N) is 6. The monoisotopic (exact) mass is 420 g/mol. The van der Waals surface area contributed by atoms with Crippen LogP contribution in [0.3, 0.4) is 0 Å². The summed E-state index contributed by atoms with van der Waals surface area (Å²) < 4.78 is 7.51. The third-order valence-corrected chi connectivity index (χ3v) is 5.23. The van der Waals surface area contributed by atoms with E-state index in [0.29, 0.717) is 28.4 Å². The second kappa shape index (κ2) is 8.63. The normalized spacial score (nSPS) is 14.2. The Balaban J connectivity index is 1.50. The lowest BCUT2D eigenvalue weighted by molar-refractivity contribution is 0.242. The van der Waals surface area contributed by atoms with Crippen LogP contribution in [0.15, 0.2) is 42.7 Å². The molecule has 3 heterocycles. The number of nitrogens with two attached hydrogens (primary N) is 1. The number of piperazine rings is 1. The Morgan fingerprint density at radius 3 is 2.42 bits per heavy atom. The number of nitrogen functional groups attached to an aromatic ring is 1. The Morgan fingerprint density at radius 1 is 1.06 bits per heavy atom. The lowest BCUT2D eigenvalue weighted by Gasteiger charge is -2.34. The van der Waals surface area contributed by atoms with Gasteiger partial charge in [0.15, 0.2) is 5.82 Å². The van der Waals surface area contributed by atoms with Crippen molar-refractivity contribution in [1.29, 1.82) is 5.41 Å². The van der Waals surface area contributed by atoms with Crippen molar-refractivity contribution in [2.45, 2.75) is 20.0 Å². The quantitative estimate of drug-likeness (QED) is 0.465. The Morgan fingerprint density at radius 2 is 1.74 bits per heavy atom. The minimum Gasteiger partial charge on any atom is -0.491 e. The standard InChI is InChI=1S/C22H28N8O/c1-15(2)31-16-5-6-18(23)17(13-16)21(24)19-14-20(27-28(19)3)29-9-11-30(12-10-29)22-25-7-4-8-26-22/h4-8,13-15,24H,9-12,23H2,1-3H3. The first-order valence-corrected chi connectivity index (χ1v) is 10.4. The van der Waals surface area contributed by atoms with Crippen molar-refractivity contribution in [3.05, 3.63) is 54.0 Å². The minimum absolute atomic E-state index is 0.0499. The van der Waals surface area contributed by atoms with Gasteiger partial charge in [0, 0.05) is 62.9 Å². The molecule has 162 valence electrons. The molecule has 0 amide bonds. The van der Waals surface area contributed by atoms with Gasteiger partial charge in [0.1, 0.15) is 5.75 Å². The van der Waals surface area contributed by atoms with Crippen LogP contribution in [0.1, 0.15) is 25.1 Å². The molecule has 0 radical (unpaired) electrons. The van der Waals surface area contributed by atoms with Crippen molar-refractivity contribution >= 4 is 23.2 Å². The molecule has 9 heteroatoms. The highest BCUT2D eigenvalue weighted by molar-refractivity contribution is 6.13. The number of benzene rings is 1. The fourth-order valence-electron chi connectivity index (χ4n) is 3.67. The third-order valence-electron chi connectivity index (χ3n) is 5.23. The van der Waals surface area contributed by atoms with Crippen molar-refractivity contribution in [1.82, 2.24) is 19.7 Å². The predicted octanol–water partition coefficient (Wildman–Crippen LogP) is 2.32. The molecule has 2 aromatic heterocycles. The van der Waals surface area contributed by atoms with E-state index in [0.717, 1.165) is 37.9 Å². The third kappa shape index (κ3) is 4.45. The van der Waals surface area contributed by atoms with Gasteiger partial charge in [-0.15, -0.1) is 0 Å². The zero-order valence-corrected chi connectivity index (χ0v) is 18.1. The molecule has 0 unspecified atom stereocenters. The van der Waals surface area contributed by atoms with Crippen molar-refractivity contribution in [2.24, 2.45) is 7.05 Å². The topological polar surface area (TPSA) is 109 Å². The summed E-state index contributed by atoms with van der Waals surface area (Å²) in [6.45, 7) is 7.18. The van der Waals surface area contributed by atoms with E-state index in [2.05, 4.69) is 24.9 Å². The van der Waals surface area contributed by atoms with E-state index < -0.39 is 0 Å². The molecule has 0 atom stereocenters. The van der Waals surface area contributed by atoms with Crippen LogP contribution in [-0.4, -0.2) is 57.7 Å². The van der Waals surface area contributed by atoms with Gasteiger partial charge in [-0.25, -0.2) is 9.97 Å². The summed E-state index contributed by atoms with van der Waals surface area (Å²) in [5.74, 6) is 2.30. The van der Waals surface area contributed by atoms with Crippen LogP contribution in [0, 0.1) is 5.41 Å². The molecule has 1 aromatic carbocycles. The van der Waals surface area contributed by atoms with Gasteiger partial charge >= 0.3 is 0 Å². The number of rotatable bonds is 6. The molecule has 1 saturated heterocycles. The van der Waals surface area contributed by atoms with Gasteiger partial charge in [-0.1, -0.05) is 0 Å². The molecule has 1 fully saturated rings. The van der Waals surface area contributed by atoms with Crippen LogP contribution in [-0.2, 0) is 7.05 Å². The highest BCUT2D eigenvalue weighted by Crippen LogP contribution is 2.25. The number of hydrogen-bond acceptors (Lipinski definition) is 8. The van der Waals surface area contributed by atoms with Gasteiger partial charge in [0.2, 0.25) is 5.95 Å². The molecule has 0 saturated carbocycles. The second-order valence-electron chi connectivity index (χ2n) is 7.82. The number of aryl methyl sites for hydroxylation is 1. The van der Waals surface area contributed by atoms with E-state index in [1.807, 2.05) is 45.2 Å². The largest absolute Gasteiger partial charge is 0.491 e. The SMILES string of the molecule is CC(C)Oc1ccc(N)c(C(=N)c2cc(N3CCN(c4ncccn4)CC3)nn2C)c1. The van der Waals surface area contributed by atoms with Gasteiger partial charge in [-0.05, 0) is 38.1 Å². The molecular formula is C22H28N8O. The van der Waals surface area contributed by atoms with Crippen molar-refractivity contribution in [3.8, 4) is 5.75 Å². The summed E-state index contributed by atoms with van der Waals surface area (Å²) in [7, 11) is 1.85. The molecular weight excluding hydrogens is 392 g/mol. The fraction of sp³-hybridized carbons (Fsp3) is 0.364. The smallest absolute Gasteiger partial charge is 0.225 e. The number of aromatic nitrogens is 4. The number of anilines is 3. The van der Waals surface area contributed by atoms with E-state index in [9.17, 15) is 0 Å². The zero-order chi connectivity index (χ0) is 22.0. The Bertz CT molecular complexity index is 1050. The predicted molar refractivity (Wildman–Crippen MR) is 122 cm³/mol. The molecule has 0 aliphatic carbocycles. The number of nitrogens with one attached hydrogen (secondary N) is 1. The van der Waals surface area contributed by atoms with Crippen molar-refractivity contribution in [2.75, 3.05) is 41.7 Å². The summed E-state index contributed by atoms with van der Waals surface area (Å²) >= 11 is 0. The highest BCUT2D eigenvalue weighted by Gasteiger charge is 2.23. The molecule has 1 aliphatic rings. The molecule has 0 spiro atoms. The van der Waals surface area contributed by atoms with Gasteiger partial charge in [0.25, 0.3) is 0 Å². The minimum atomic E-state index is 0.0499. The first kappa shape index (κ1) is 20.6. The average molecular weight is 421 g/mol. The maximum Gasteiger partial charge on any atom is 0.225 e. The van der Waals surface area contributed by atoms with Crippen LogP contribution >= 0.6 is 0 Å². The molecule has 1 aliphatic heterocycles. The highest BCUT2D eigenvalue weighted by atomic mass is 16.5. The number of hydrogen-bond donors (Lipinski definition) is 2. The van der Waals surface area contributed by atoms with Crippen LogP contribution in [0.25, 0.3) is 0 Å². The first-order valence-electron chi connectivity index (χ1n) is 10.4. The zero-order valence-electron chi connectivity index (χ0n) is 18.1. The van der Waals surface area contributed by atoms with E-state index >= 15 is 0 Å². The van der Waals surface area contributed by atoms with E-state index in [1.165, 1.54) is 0 Å². The van der Waals surface area contributed by atoms with Gasteiger partial charge < -0.3 is 20.3 Å². The molecule has 9 nitrogen and oxygen atoms in total. The Hall–Kier alpha value is -3.62. The first-order chi connectivity index (χ1) is 14.9. The van der Waals surface area contributed by atoms with Crippen molar-refractivity contribution in [3.63, 3.8) is 0 Å². The van der Waals surface area contributed by atoms with E-state index in [4.69, 9.17) is 15.9 Å². The maximum absolute atomic E-state index is 8.76. The summed E-state index contributed by atoms with van der Waals surface area (Å²) in [5, 5.41) is 13.4. The Kier molecular flexibility index (Phi) is 5.75. The maximum atomic E-state index is 8.76. The summed E-state index contributed by atoms with van der Waals surface area (Å²) in [6, 6.07) is 9.21. The molecule has 0 bridgehead atoms. The van der Waals surface area contributed by atoms with Gasteiger partial charge in [0.05, 0.1) is 17.5 Å². The molecule has 4 rings (SSSR count). The van der Waals surface area contributed by atoms with Crippen molar-refractivity contribution < 1.29 is 4.74 Å². The number of ether oxygens (including phenoxy) is 1. The van der Waals surface area contributed by atoms with Gasteiger partial charge in [-0.3, -0.25) is 10.1 Å². The molecule has 3 aromatic rings. The summed E-state index contributed by atoms with van der Waals surface area (Å²) in [4.78, 5) is 13.1. The fourth-order valence-corrected chi connectivity index (χ4v) is 3.67. The van der Waals surface area contributed by atoms with Crippen LogP contribution in [0.5, 0.6) is 5.75 Å². The summed E-state index contributed by atoms with van der Waals surface area (Å²) in [6.07, 6.45) is 3.57. The van der Waals surface area contributed by atoms with Crippen LogP contribution in [0.4, 0.5) is 17.5 Å². The van der Waals surface area contributed by atoms with Gasteiger partial charge in [-0.2, -0.15) is 5.10 Å². The second-order valence-corrected chi connectivity index (χ2v) is 7.82. The van der Waals surface area contributed by atoms with Crippen LogP contribution in [0.2, 0.25) is 0 Å². The van der Waals surface area contributed by atoms with E-state index in [1.54, 1.807) is 23.1 Å². The Labute approximate surface area is 182 Å². The molecule has 31 heavy (non-hydrogen) atoms.